The summed E-state index contributed by atoms with van der Waals surface area (Å²) in [6, 6.07) is 11.8. The summed E-state index contributed by atoms with van der Waals surface area (Å²) >= 11 is 0. The summed E-state index contributed by atoms with van der Waals surface area (Å²) in [6.45, 7) is 5.94. The maximum Gasteiger partial charge on any atom is 0.335 e. The van der Waals surface area contributed by atoms with Crippen LogP contribution in [-0.2, 0) is 4.74 Å². The van der Waals surface area contributed by atoms with Crippen LogP contribution < -0.4 is 4.74 Å². The second-order valence-corrected chi connectivity index (χ2v) is 8.00. The van der Waals surface area contributed by atoms with Crippen LogP contribution in [0.3, 0.4) is 0 Å². The van der Waals surface area contributed by atoms with E-state index in [0.29, 0.717) is 11.3 Å². The number of ether oxygens (including phenoxy) is 2. The largest absolute Gasteiger partial charge is 0.487 e. The van der Waals surface area contributed by atoms with E-state index in [1.165, 1.54) is 6.07 Å². The van der Waals surface area contributed by atoms with Gasteiger partial charge in [-0.2, -0.15) is 0 Å². The number of carbonyl (C=O) groups is 1. The highest BCUT2D eigenvalue weighted by atomic mass is 19.1. The van der Waals surface area contributed by atoms with Gasteiger partial charge in [-0.15, -0.1) is 0 Å². The molecule has 0 saturated carbocycles. The lowest BCUT2D eigenvalue weighted by Crippen LogP contribution is -2.50. The van der Waals surface area contributed by atoms with Gasteiger partial charge in [0, 0.05) is 17.4 Å². The summed E-state index contributed by atoms with van der Waals surface area (Å²) in [5.74, 6) is -0.675. The molecule has 0 radical (unpaired) electrons. The van der Waals surface area contributed by atoms with E-state index in [0.717, 1.165) is 12.0 Å². The average molecular weight is 370 g/mol. The first-order valence-electron chi connectivity index (χ1n) is 9.24. The number of fused-ring (bicyclic) bond motifs is 3. The molecule has 0 unspecified atom stereocenters. The molecule has 2 aliphatic heterocycles. The van der Waals surface area contributed by atoms with Crippen molar-refractivity contribution in [3.05, 3.63) is 65.0 Å². The molecule has 27 heavy (non-hydrogen) atoms. The molecule has 2 heterocycles. The molecule has 5 heteroatoms. The Kier molecular flexibility index (Phi) is 4.22. The summed E-state index contributed by atoms with van der Waals surface area (Å²) in [5.41, 5.74) is 1.17. The van der Waals surface area contributed by atoms with Crippen LogP contribution in [-0.4, -0.2) is 22.8 Å². The maximum atomic E-state index is 14.4. The van der Waals surface area contributed by atoms with Crippen LogP contribution in [0.5, 0.6) is 5.75 Å². The van der Waals surface area contributed by atoms with Crippen molar-refractivity contribution in [2.45, 2.75) is 50.9 Å². The zero-order chi connectivity index (χ0) is 19.3. The van der Waals surface area contributed by atoms with Crippen molar-refractivity contribution in [1.29, 1.82) is 0 Å². The number of halogens is 1. The van der Waals surface area contributed by atoms with Gasteiger partial charge in [0.15, 0.2) is 0 Å². The molecule has 0 spiro atoms. The van der Waals surface area contributed by atoms with Gasteiger partial charge in [-0.05, 0) is 51.0 Å². The number of hydrogen-bond acceptors (Lipinski definition) is 3. The van der Waals surface area contributed by atoms with E-state index in [9.17, 15) is 14.3 Å². The van der Waals surface area contributed by atoms with Gasteiger partial charge in [-0.3, -0.25) is 0 Å². The summed E-state index contributed by atoms with van der Waals surface area (Å²) in [7, 11) is 0. The van der Waals surface area contributed by atoms with E-state index >= 15 is 0 Å². The summed E-state index contributed by atoms with van der Waals surface area (Å²) < 4.78 is 27.0. The van der Waals surface area contributed by atoms with Crippen LogP contribution in [0.1, 0.15) is 60.7 Å². The minimum absolute atomic E-state index is 0.0292. The molecule has 4 nitrogen and oxygen atoms in total. The predicted octanol–water partition coefficient (Wildman–Crippen LogP) is 4.94. The highest BCUT2D eigenvalue weighted by Gasteiger charge is 2.50. The Bertz CT molecular complexity index is 892. The van der Waals surface area contributed by atoms with Crippen LogP contribution in [0, 0.1) is 11.7 Å². The second kappa shape index (κ2) is 6.34. The topological polar surface area (TPSA) is 55.8 Å². The van der Waals surface area contributed by atoms with Gasteiger partial charge in [0.2, 0.25) is 0 Å². The zero-order valence-electron chi connectivity index (χ0n) is 15.6. The number of benzene rings is 2. The van der Waals surface area contributed by atoms with Crippen LogP contribution in [0.2, 0.25) is 0 Å². The van der Waals surface area contributed by atoms with Crippen molar-refractivity contribution in [1.82, 2.24) is 0 Å². The van der Waals surface area contributed by atoms with Crippen LogP contribution in [0.25, 0.3) is 0 Å². The van der Waals surface area contributed by atoms with E-state index in [4.69, 9.17) is 9.47 Å². The molecule has 2 aliphatic rings. The Morgan fingerprint density at radius 2 is 1.93 bits per heavy atom. The van der Waals surface area contributed by atoms with Crippen molar-refractivity contribution >= 4 is 5.97 Å². The van der Waals surface area contributed by atoms with Gasteiger partial charge in [0.1, 0.15) is 17.2 Å². The Hall–Kier alpha value is -2.40. The lowest BCUT2D eigenvalue weighted by molar-refractivity contribution is -0.153. The summed E-state index contributed by atoms with van der Waals surface area (Å²) in [4.78, 5) is 11.3. The third kappa shape index (κ3) is 3.00. The normalized spacial score (nSPS) is 28.6. The molecular formula is C22H23FO4. The summed E-state index contributed by atoms with van der Waals surface area (Å²) in [6.07, 6.45) is 0.369. The lowest BCUT2D eigenvalue weighted by Gasteiger charge is -2.50. The van der Waals surface area contributed by atoms with Crippen molar-refractivity contribution in [2.75, 3.05) is 0 Å². The van der Waals surface area contributed by atoms with Gasteiger partial charge >= 0.3 is 5.97 Å². The molecule has 2 aromatic carbocycles. The average Bonchev–Trinajstić information content (AvgIpc) is 2.61. The lowest BCUT2D eigenvalue weighted by atomic mass is 9.70. The fourth-order valence-electron chi connectivity index (χ4n) is 4.45. The van der Waals surface area contributed by atoms with Crippen molar-refractivity contribution in [2.24, 2.45) is 5.92 Å². The highest BCUT2D eigenvalue weighted by Crippen LogP contribution is 2.53. The fourth-order valence-corrected chi connectivity index (χ4v) is 4.45. The molecule has 0 amide bonds. The molecular weight excluding hydrogens is 347 g/mol. The second-order valence-electron chi connectivity index (χ2n) is 8.00. The molecule has 1 saturated heterocycles. The highest BCUT2D eigenvalue weighted by molar-refractivity contribution is 5.88. The third-order valence-corrected chi connectivity index (χ3v) is 5.94. The standard InChI is InChI=1S/C22H23FO4/c1-12-16(14-6-4-5-7-18(14)23)11-17-20(26-12)15-9-8-13(21(24)25)10-19(15)27-22(17,2)3/h4-10,12,16-17,20H,11H2,1-3H3,(H,24,25)/t12-,16-,17-,20+/m0/s1. The van der Waals surface area contributed by atoms with E-state index in [1.807, 2.05) is 32.9 Å². The van der Waals surface area contributed by atoms with Crippen molar-refractivity contribution in [3.8, 4) is 5.75 Å². The molecule has 4 rings (SSSR count). The Morgan fingerprint density at radius 1 is 1.19 bits per heavy atom. The molecule has 4 atom stereocenters. The van der Waals surface area contributed by atoms with Crippen LogP contribution >= 0.6 is 0 Å². The van der Waals surface area contributed by atoms with Crippen LogP contribution in [0.4, 0.5) is 4.39 Å². The van der Waals surface area contributed by atoms with Gasteiger partial charge in [0.05, 0.1) is 17.8 Å². The minimum atomic E-state index is -0.987. The van der Waals surface area contributed by atoms with Gasteiger partial charge in [-0.25, -0.2) is 9.18 Å². The quantitative estimate of drug-likeness (QED) is 0.813. The smallest absolute Gasteiger partial charge is 0.335 e. The number of carboxylic acids is 1. The Morgan fingerprint density at radius 3 is 2.63 bits per heavy atom. The minimum Gasteiger partial charge on any atom is -0.487 e. The molecule has 2 aromatic rings. The van der Waals surface area contributed by atoms with E-state index in [-0.39, 0.29) is 35.4 Å². The molecule has 0 aromatic heterocycles. The van der Waals surface area contributed by atoms with Crippen LogP contribution in [0.15, 0.2) is 42.5 Å². The van der Waals surface area contributed by atoms with Crippen molar-refractivity contribution < 1.29 is 23.8 Å². The third-order valence-electron chi connectivity index (χ3n) is 5.94. The zero-order valence-corrected chi connectivity index (χ0v) is 15.6. The first kappa shape index (κ1) is 18.0. The first-order chi connectivity index (χ1) is 12.8. The molecule has 0 bridgehead atoms. The Labute approximate surface area is 157 Å². The number of aromatic carboxylic acids is 1. The van der Waals surface area contributed by atoms with Crippen molar-refractivity contribution in [3.63, 3.8) is 0 Å². The summed E-state index contributed by atoms with van der Waals surface area (Å²) in [5, 5.41) is 9.26. The van der Waals surface area contributed by atoms with Gasteiger partial charge in [0.25, 0.3) is 0 Å². The number of rotatable bonds is 2. The van der Waals surface area contributed by atoms with Gasteiger partial charge in [-0.1, -0.05) is 24.3 Å². The SMILES string of the molecule is C[C@@H]1O[C@@H]2c3ccc(C(=O)O)cc3OC(C)(C)[C@H]2C[C@@H]1c1ccccc1F. The number of hydrogen-bond donors (Lipinski definition) is 1. The Balaban J connectivity index is 1.72. The van der Waals surface area contributed by atoms with Gasteiger partial charge < -0.3 is 14.6 Å². The van der Waals surface area contributed by atoms with E-state index in [2.05, 4.69) is 0 Å². The monoisotopic (exact) mass is 370 g/mol. The fraction of sp³-hybridized carbons (Fsp3) is 0.409. The van der Waals surface area contributed by atoms with E-state index in [1.54, 1.807) is 24.3 Å². The molecule has 0 aliphatic carbocycles. The number of carboxylic acid groups (broad SMARTS) is 1. The molecule has 142 valence electrons. The first-order valence-corrected chi connectivity index (χ1v) is 9.24. The van der Waals surface area contributed by atoms with E-state index < -0.39 is 11.6 Å². The predicted molar refractivity (Wildman–Crippen MR) is 98.6 cm³/mol. The molecule has 1 fully saturated rings. The maximum absolute atomic E-state index is 14.4. The molecule has 1 N–H and O–H groups in total.